The van der Waals surface area contributed by atoms with E-state index in [1.54, 1.807) is 6.07 Å². The van der Waals surface area contributed by atoms with Crippen LogP contribution in [0.5, 0.6) is 0 Å². The molecule has 8 heteroatoms. The molecule has 0 spiro atoms. The highest BCUT2D eigenvalue weighted by molar-refractivity contribution is 6.30. The lowest BCUT2D eigenvalue weighted by atomic mass is 10.1. The first-order chi connectivity index (χ1) is 9.29. The summed E-state index contributed by atoms with van der Waals surface area (Å²) in [4.78, 5) is 17.7. The van der Waals surface area contributed by atoms with Crippen molar-refractivity contribution in [1.29, 1.82) is 0 Å². The van der Waals surface area contributed by atoms with Gasteiger partial charge in [-0.15, -0.1) is 0 Å². The predicted octanol–water partition coefficient (Wildman–Crippen LogP) is 3.51. The first kappa shape index (κ1) is 14.3. The van der Waals surface area contributed by atoms with E-state index in [1.807, 2.05) is 0 Å². The Morgan fingerprint density at radius 2 is 2.00 bits per heavy atom. The largest absolute Gasteiger partial charge is 0.478 e. The first-order valence-corrected chi connectivity index (χ1v) is 5.60. The second-order valence-electron chi connectivity index (χ2n) is 3.77. The van der Waals surface area contributed by atoms with Gasteiger partial charge in [-0.2, -0.15) is 13.2 Å². The number of aromatic nitrogens is 2. The quantitative estimate of drug-likeness (QED) is 0.922. The van der Waals surface area contributed by atoms with E-state index >= 15 is 0 Å². The van der Waals surface area contributed by atoms with Gasteiger partial charge in [0.1, 0.15) is 5.56 Å². The maximum atomic E-state index is 12.8. The van der Waals surface area contributed by atoms with E-state index in [0.29, 0.717) is 11.2 Å². The van der Waals surface area contributed by atoms with E-state index in [1.165, 1.54) is 18.2 Å². The molecule has 2 rings (SSSR count). The van der Waals surface area contributed by atoms with Crippen molar-refractivity contribution in [2.75, 3.05) is 0 Å². The molecule has 20 heavy (non-hydrogen) atoms. The van der Waals surface area contributed by atoms with Crippen LogP contribution in [0.3, 0.4) is 0 Å². The van der Waals surface area contributed by atoms with Gasteiger partial charge >= 0.3 is 12.1 Å². The summed E-state index contributed by atoms with van der Waals surface area (Å²) in [6.07, 6.45) is -4.25. The second kappa shape index (κ2) is 5.09. The molecule has 104 valence electrons. The van der Waals surface area contributed by atoms with Gasteiger partial charge < -0.3 is 5.11 Å². The molecule has 2 aromatic rings. The van der Waals surface area contributed by atoms with Gasteiger partial charge in [-0.25, -0.2) is 14.8 Å². The van der Waals surface area contributed by atoms with Crippen molar-refractivity contribution in [2.24, 2.45) is 0 Å². The van der Waals surface area contributed by atoms with Crippen LogP contribution in [-0.4, -0.2) is 21.0 Å². The molecule has 0 amide bonds. The molecule has 0 atom stereocenters. The molecule has 0 aliphatic carbocycles. The zero-order valence-electron chi connectivity index (χ0n) is 9.65. The topological polar surface area (TPSA) is 63.1 Å². The van der Waals surface area contributed by atoms with E-state index in [9.17, 15) is 18.0 Å². The number of benzene rings is 1. The number of rotatable bonds is 2. The summed E-state index contributed by atoms with van der Waals surface area (Å²) in [5.74, 6) is -1.99. The molecule has 1 aromatic heterocycles. The smallest absolute Gasteiger partial charge is 0.434 e. The third-order valence-corrected chi connectivity index (χ3v) is 2.61. The van der Waals surface area contributed by atoms with Crippen molar-refractivity contribution >= 4 is 17.6 Å². The normalized spacial score (nSPS) is 11.4. The van der Waals surface area contributed by atoms with E-state index in [0.717, 1.165) is 0 Å². The Bertz CT molecular complexity index is 674. The predicted molar refractivity (Wildman–Crippen MR) is 64.4 cm³/mol. The second-order valence-corrected chi connectivity index (χ2v) is 4.21. The lowest BCUT2D eigenvalue weighted by molar-refractivity contribution is -0.141. The molecule has 1 N–H and O–H groups in total. The Labute approximate surface area is 115 Å². The van der Waals surface area contributed by atoms with Crippen LogP contribution in [0.2, 0.25) is 5.02 Å². The number of alkyl halides is 3. The molecule has 0 aliphatic heterocycles. The van der Waals surface area contributed by atoms with Gasteiger partial charge in [-0.1, -0.05) is 23.7 Å². The molecule has 0 fully saturated rings. The van der Waals surface area contributed by atoms with Crippen LogP contribution in [0.1, 0.15) is 16.1 Å². The average molecular weight is 303 g/mol. The molecule has 0 unspecified atom stereocenters. The van der Waals surface area contributed by atoms with E-state index in [2.05, 4.69) is 9.97 Å². The third-order valence-electron chi connectivity index (χ3n) is 2.37. The molecule has 1 aromatic carbocycles. The van der Waals surface area contributed by atoms with Crippen LogP contribution in [0, 0.1) is 0 Å². The zero-order valence-corrected chi connectivity index (χ0v) is 10.4. The minimum atomic E-state index is -4.88. The summed E-state index contributed by atoms with van der Waals surface area (Å²) in [5.41, 5.74) is -2.22. The van der Waals surface area contributed by atoms with Crippen molar-refractivity contribution in [3.05, 3.63) is 46.7 Å². The summed E-state index contributed by atoms with van der Waals surface area (Å²) >= 11 is 5.73. The highest BCUT2D eigenvalue weighted by atomic mass is 35.5. The van der Waals surface area contributed by atoms with E-state index < -0.39 is 23.4 Å². The van der Waals surface area contributed by atoms with Gasteiger partial charge in [0.25, 0.3) is 0 Å². The van der Waals surface area contributed by atoms with Crippen LogP contribution in [0.15, 0.2) is 30.5 Å². The van der Waals surface area contributed by atoms with E-state index in [-0.39, 0.29) is 11.4 Å². The van der Waals surface area contributed by atoms with Gasteiger partial charge in [0.2, 0.25) is 0 Å². The molecule has 0 aliphatic rings. The molecular formula is C12H6ClF3N2O2. The lowest BCUT2D eigenvalue weighted by Gasteiger charge is -2.10. The Morgan fingerprint density at radius 3 is 2.55 bits per heavy atom. The summed E-state index contributed by atoms with van der Waals surface area (Å²) in [6.45, 7) is 0. The standard InChI is InChI=1S/C12H6ClF3N2O2/c13-7-3-1-2-6(4-7)10-17-5-8(11(19)20)9(18-10)12(14,15)16/h1-5H,(H,19,20). The maximum absolute atomic E-state index is 12.8. The van der Waals surface area contributed by atoms with Crippen LogP contribution in [0.25, 0.3) is 11.4 Å². The number of carboxylic acids is 1. The van der Waals surface area contributed by atoms with Gasteiger partial charge in [0.15, 0.2) is 11.5 Å². The van der Waals surface area contributed by atoms with Crippen molar-refractivity contribution in [3.8, 4) is 11.4 Å². The van der Waals surface area contributed by atoms with Gasteiger partial charge in [0, 0.05) is 16.8 Å². The Hall–Kier alpha value is -2.15. The fourth-order valence-electron chi connectivity index (χ4n) is 1.52. The summed E-state index contributed by atoms with van der Waals surface area (Å²) < 4.78 is 38.4. The lowest BCUT2D eigenvalue weighted by Crippen LogP contribution is -2.16. The van der Waals surface area contributed by atoms with Gasteiger partial charge in [0.05, 0.1) is 0 Å². The van der Waals surface area contributed by atoms with Crippen molar-refractivity contribution in [3.63, 3.8) is 0 Å². The molecule has 0 radical (unpaired) electrons. The Kier molecular flexibility index (Phi) is 3.63. The fraction of sp³-hybridized carbons (Fsp3) is 0.0833. The molecule has 0 saturated heterocycles. The Balaban J connectivity index is 2.61. The SMILES string of the molecule is O=C(O)c1cnc(-c2cccc(Cl)c2)nc1C(F)(F)F. The van der Waals surface area contributed by atoms with Gasteiger partial charge in [-0.05, 0) is 12.1 Å². The highest BCUT2D eigenvalue weighted by Crippen LogP contribution is 2.31. The number of aromatic carboxylic acids is 1. The van der Waals surface area contributed by atoms with Crippen LogP contribution >= 0.6 is 11.6 Å². The summed E-state index contributed by atoms with van der Waals surface area (Å²) in [7, 11) is 0. The van der Waals surface area contributed by atoms with Crippen molar-refractivity contribution < 1.29 is 23.1 Å². The molecular weight excluding hydrogens is 297 g/mol. The molecule has 4 nitrogen and oxygen atoms in total. The first-order valence-electron chi connectivity index (χ1n) is 5.22. The number of nitrogens with zero attached hydrogens (tertiary/aromatic N) is 2. The highest BCUT2D eigenvalue weighted by Gasteiger charge is 2.38. The molecule has 1 heterocycles. The number of carboxylic acid groups (broad SMARTS) is 1. The Morgan fingerprint density at radius 1 is 1.30 bits per heavy atom. The minimum Gasteiger partial charge on any atom is -0.478 e. The maximum Gasteiger partial charge on any atom is 0.434 e. The minimum absolute atomic E-state index is 0.246. The molecule has 0 bridgehead atoms. The molecule has 0 saturated carbocycles. The van der Waals surface area contributed by atoms with Gasteiger partial charge in [-0.3, -0.25) is 0 Å². The number of carbonyl (C=O) groups is 1. The zero-order chi connectivity index (χ0) is 14.9. The van der Waals surface area contributed by atoms with Crippen LogP contribution < -0.4 is 0 Å². The number of halogens is 4. The van der Waals surface area contributed by atoms with Crippen molar-refractivity contribution in [1.82, 2.24) is 9.97 Å². The third kappa shape index (κ3) is 2.88. The van der Waals surface area contributed by atoms with Crippen LogP contribution in [-0.2, 0) is 6.18 Å². The number of hydrogen-bond acceptors (Lipinski definition) is 3. The van der Waals surface area contributed by atoms with Crippen LogP contribution in [0.4, 0.5) is 13.2 Å². The fourth-order valence-corrected chi connectivity index (χ4v) is 1.71. The summed E-state index contributed by atoms with van der Waals surface area (Å²) in [5, 5.41) is 9.04. The van der Waals surface area contributed by atoms with Crippen molar-refractivity contribution in [2.45, 2.75) is 6.18 Å². The summed E-state index contributed by atoms with van der Waals surface area (Å²) in [6, 6.07) is 5.93. The average Bonchev–Trinajstić information content (AvgIpc) is 2.37. The van der Waals surface area contributed by atoms with E-state index in [4.69, 9.17) is 16.7 Å². The number of hydrogen-bond donors (Lipinski definition) is 1. The monoisotopic (exact) mass is 302 g/mol.